The summed E-state index contributed by atoms with van der Waals surface area (Å²) in [4.78, 5) is 28.8. The number of esters is 2. The number of unbranched alkanes of at least 4 members (excludes halogenated alkanes) is 2. The van der Waals surface area contributed by atoms with E-state index in [1.807, 2.05) is 12.1 Å². The van der Waals surface area contributed by atoms with E-state index in [2.05, 4.69) is 30.7 Å². The number of pyridine rings is 1. The Hall–Kier alpha value is -3.13. The lowest BCUT2D eigenvalue weighted by atomic mass is 9.80. The topological polar surface area (TPSA) is 65.5 Å². The molecule has 34 heavy (non-hydrogen) atoms. The van der Waals surface area contributed by atoms with Gasteiger partial charge in [0.1, 0.15) is 11.4 Å². The highest BCUT2D eigenvalue weighted by Gasteiger charge is 2.27. The van der Waals surface area contributed by atoms with Crippen molar-refractivity contribution in [2.24, 2.45) is 11.8 Å². The molecule has 0 N–H and O–H groups in total. The van der Waals surface area contributed by atoms with Crippen LogP contribution in [-0.4, -0.2) is 23.5 Å². The first-order valence-electron chi connectivity index (χ1n) is 12.6. The van der Waals surface area contributed by atoms with Crippen LogP contribution in [0.2, 0.25) is 0 Å². The number of ether oxygens (including phenoxy) is 2. The maximum absolute atomic E-state index is 12.5. The van der Waals surface area contributed by atoms with Crippen molar-refractivity contribution in [2.75, 3.05) is 6.61 Å². The normalized spacial score (nSPS) is 17.4. The summed E-state index contributed by atoms with van der Waals surface area (Å²) in [6.07, 6.45) is 11.1. The Labute approximate surface area is 203 Å². The van der Waals surface area contributed by atoms with Crippen LogP contribution < -0.4 is 4.74 Å². The SMILES string of the molecule is CCCCCOC(=O)c1ccc(C#Cc2ccc(OC(=O)C3CCC(CCC)CC3)cc2)nc1. The molecular formula is C29H35NO4. The first kappa shape index (κ1) is 25.5. The predicted octanol–water partition coefficient (Wildman–Crippen LogP) is 6.34. The van der Waals surface area contributed by atoms with Gasteiger partial charge in [0.15, 0.2) is 0 Å². The Morgan fingerprint density at radius 2 is 1.71 bits per heavy atom. The second-order valence-electron chi connectivity index (χ2n) is 8.98. The van der Waals surface area contributed by atoms with Crippen LogP contribution >= 0.6 is 0 Å². The van der Waals surface area contributed by atoms with Gasteiger partial charge in [-0.3, -0.25) is 4.79 Å². The molecule has 0 aliphatic heterocycles. The number of carbonyl (C=O) groups excluding carboxylic acids is 2. The summed E-state index contributed by atoms with van der Waals surface area (Å²) in [7, 11) is 0. The van der Waals surface area contributed by atoms with Crippen LogP contribution in [0.25, 0.3) is 0 Å². The molecule has 5 nitrogen and oxygen atoms in total. The standard InChI is InChI=1S/C29H35NO4/c1-3-5-6-20-33-28(31)25-15-17-26(30-21-25)16-10-23-11-18-27(19-12-23)34-29(32)24-13-8-22(7-4-2)9-14-24/h11-12,15,17-19,21-22,24H,3-9,13-14,20H2,1-2H3. The third-order valence-electron chi connectivity index (χ3n) is 6.26. The summed E-state index contributed by atoms with van der Waals surface area (Å²) < 4.78 is 10.8. The van der Waals surface area contributed by atoms with E-state index in [4.69, 9.17) is 9.47 Å². The van der Waals surface area contributed by atoms with Crippen LogP contribution in [0.4, 0.5) is 0 Å². The lowest BCUT2D eigenvalue weighted by molar-refractivity contribution is -0.140. The summed E-state index contributed by atoms with van der Waals surface area (Å²) >= 11 is 0. The summed E-state index contributed by atoms with van der Waals surface area (Å²) in [5.74, 6) is 6.88. The first-order chi connectivity index (χ1) is 16.6. The highest BCUT2D eigenvalue weighted by Crippen LogP contribution is 2.32. The number of rotatable bonds is 9. The summed E-state index contributed by atoms with van der Waals surface area (Å²) in [6, 6.07) is 10.6. The van der Waals surface area contributed by atoms with Crippen LogP contribution in [0.15, 0.2) is 42.6 Å². The zero-order valence-corrected chi connectivity index (χ0v) is 20.3. The van der Waals surface area contributed by atoms with Crippen LogP contribution in [0.3, 0.4) is 0 Å². The molecule has 1 aromatic heterocycles. The van der Waals surface area contributed by atoms with Gasteiger partial charge in [-0.25, -0.2) is 9.78 Å². The van der Waals surface area contributed by atoms with E-state index in [1.165, 1.54) is 19.0 Å². The molecular weight excluding hydrogens is 426 g/mol. The zero-order valence-electron chi connectivity index (χ0n) is 20.3. The molecule has 5 heteroatoms. The largest absolute Gasteiger partial charge is 0.462 e. The van der Waals surface area contributed by atoms with Gasteiger partial charge in [-0.05, 0) is 80.3 Å². The Bertz CT molecular complexity index is 978. The monoisotopic (exact) mass is 461 g/mol. The second-order valence-corrected chi connectivity index (χ2v) is 8.98. The van der Waals surface area contributed by atoms with Gasteiger partial charge in [-0.15, -0.1) is 0 Å². The first-order valence-corrected chi connectivity index (χ1v) is 12.6. The van der Waals surface area contributed by atoms with Gasteiger partial charge in [0.2, 0.25) is 0 Å². The molecule has 2 aromatic rings. The number of carbonyl (C=O) groups is 2. The van der Waals surface area contributed by atoms with Crippen molar-refractivity contribution in [2.45, 2.75) is 71.6 Å². The van der Waals surface area contributed by atoms with Crippen LogP contribution in [0.5, 0.6) is 5.75 Å². The van der Waals surface area contributed by atoms with Crippen molar-refractivity contribution < 1.29 is 19.1 Å². The lowest BCUT2D eigenvalue weighted by Crippen LogP contribution is -2.25. The average Bonchev–Trinajstić information content (AvgIpc) is 2.87. The Morgan fingerprint density at radius 1 is 0.941 bits per heavy atom. The maximum Gasteiger partial charge on any atom is 0.339 e. The molecule has 0 bridgehead atoms. The Morgan fingerprint density at radius 3 is 2.35 bits per heavy atom. The van der Waals surface area contributed by atoms with E-state index >= 15 is 0 Å². The van der Waals surface area contributed by atoms with Crippen molar-refractivity contribution in [3.63, 3.8) is 0 Å². The van der Waals surface area contributed by atoms with Crippen molar-refractivity contribution >= 4 is 11.9 Å². The minimum Gasteiger partial charge on any atom is -0.462 e. The molecule has 1 fully saturated rings. The molecule has 1 aliphatic rings. The Balaban J connectivity index is 1.48. The summed E-state index contributed by atoms with van der Waals surface area (Å²) in [6.45, 7) is 4.75. The molecule has 0 unspecified atom stereocenters. The molecule has 1 saturated carbocycles. The van der Waals surface area contributed by atoms with E-state index in [0.717, 1.165) is 56.4 Å². The van der Waals surface area contributed by atoms with Crippen LogP contribution in [0, 0.1) is 23.7 Å². The van der Waals surface area contributed by atoms with E-state index in [-0.39, 0.29) is 17.9 Å². The fourth-order valence-electron chi connectivity index (χ4n) is 4.23. The van der Waals surface area contributed by atoms with Gasteiger partial charge >= 0.3 is 11.9 Å². The third kappa shape index (κ3) is 8.02. The van der Waals surface area contributed by atoms with Gasteiger partial charge in [0, 0.05) is 11.8 Å². The van der Waals surface area contributed by atoms with Gasteiger partial charge in [0.25, 0.3) is 0 Å². The quantitative estimate of drug-likeness (QED) is 0.189. The molecule has 1 aromatic carbocycles. The average molecular weight is 462 g/mol. The predicted molar refractivity (Wildman–Crippen MR) is 132 cm³/mol. The third-order valence-corrected chi connectivity index (χ3v) is 6.26. The number of hydrogen-bond acceptors (Lipinski definition) is 5. The minimum absolute atomic E-state index is 0.00948. The van der Waals surface area contributed by atoms with Gasteiger partial charge in [-0.2, -0.15) is 0 Å². The summed E-state index contributed by atoms with van der Waals surface area (Å²) in [5, 5.41) is 0. The van der Waals surface area contributed by atoms with Gasteiger partial charge < -0.3 is 9.47 Å². The van der Waals surface area contributed by atoms with Crippen molar-refractivity contribution in [3.8, 4) is 17.6 Å². The van der Waals surface area contributed by atoms with E-state index in [1.54, 1.807) is 24.3 Å². The van der Waals surface area contributed by atoms with Crippen molar-refractivity contribution in [3.05, 3.63) is 59.4 Å². The molecule has 0 spiro atoms. The maximum atomic E-state index is 12.5. The van der Waals surface area contributed by atoms with Crippen LogP contribution in [0.1, 0.15) is 93.3 Å². The molecule has 180 valence electrons. The number of nitrogens with zero attached hydrogens (tertiary/aromatic N) is 1. The lowest BCUT2D eigenvalue weighted by Gasteiger charge is -2.26. The summed E-state index contributed by atoms with van der Waals surface area (Å²) in [5.41, 5.74) is 1.78. The van der Waals surface area contributed by atoms with Crippen LogP contribution in [-0.2, 0) is 9.53 Å². The number of aromatic nitrogens is 1. The molecule has 1 heterocycles. The van der Waals surface area contributed by atoms with Gasteiger partial charge in [0.05, 0.1) is 18.1 Å². The van der Waals surface area contributed by atoms with E-state index in [9.17, 15) is 9.59 Å². The smallest absolute Gasteiger partial charge is 0.339 e. The van der Waals surface area contributed by atoms with E-state index in [0.29, 0.717) is 23.6 Å². The highest BCUT2D eigenvalue weighted by molar-refractivity contribution is 5.89. The molecule has 3 rings (SSSR count). The Kier molecular flexibility index (Phi) is 10.2. The zero-order chi connectivity index (χ0) is 24.2. The molecule has 0 amide bonds. The number of hydrogen-bond donors (Lipinski definition) is 0. The fraction of sp³-hybridized carbons (Fsp3) is 0.483. The second kappa shape index (κ2) is 13.5. The highest BCUT2D eigenvalue weighted by atomic mass is 16.5. The van der Waals surface area contributed by atoms with Crippen molar-refractivity contribution in [1.29, 1.82) is 0 Å². The van der Waals surface area contributed by atoms with E-state index < -0.39 is 0 Å². The van der Waals surface area contributed by atoms with Crippen molar-refractivity contribution in [1.82, 2.24) is 4.98 Å². The van der Waals surface area contributed by atoms with Gasteiger partial charge in [-0.1, -0.05) is 45.5 Å². The molecule has 0 radical (unpaired) electrons. The molecule has 0 saturated heterocycles. The molecule has 0 atom stereocenters. The molecule has 1 aliphatic carbocycles. The fourth-order valence-corrected chi connectivity index (χ4v) is 4.23. The number of benzene rings is 1. The minimum atomic E-state index is -0.359.